The van der Waals surface area contributed by atoms with Gasteiger partial charge in [-0.25, -0.2) is 22.6 Å². The van der Waals surface area contributed by atoms with Crippen LogP contribution in [-0.4, -0.2) is 42.4 Å². The standard InChI is InChI=1S/C9H13N5O2S/c1-17(15,16)12-6-5-10-8-3-7-14-9(13-8)2-4-11-14/h2-4,7,12H,5-6H2,1H3,(H,10,13). The van der Waals surface area contributed by atoms with E-state index in [9.17, 15) is 8.42 Å². The highest BCUT2D eigenvalue weighted by Crippen LogP contribution is 2.04. The second-order valence-corrected chi connectivity index (χ2v) is 5.37. The molecule has 8 heteroatoms. The molecular formula is C9H13N5O2S. The molecule has 0 bridgehead atoms. The summed E-state index contributed by atoms with van der Waals surface area (Å²) in [5, 5.41) is 7.04. The van der Waals surface area contributed by atoms with Crippen molar-refractivity contribution in [2.24, 2.45) is 0 Å². The lowest BCUT2D eigenvalue weighted by atomic mass is 10.5. The molecule has 0 unspecified atom stereocenters. The summed E-state index contributed by atoms with van der Waals surface area (Å²) in [5.74, 6) is 0.688. The van der Waals surface area contributed by atoms with Crippen LogP contribution in [0.4, 0.5) is 5.82 Å². The van der Waals surface area contributed by atoms with Crippen LogP contribution in [0.25, 0.3) is 5.65 Å². The zero-order valence-electron chi connectivity index (χ0n) is 9.29. The van der Waals surface area contributed by atoms with Gasteiger partial charge in [0.25, 0.3) is 0 Å². The second-order valence-electron chi connectivity index (χ2n) is 3.54. The van der Waals surface area contributed by atoms with E-state index >= 15 is 0 Å². The first kappa shape index (κ1) is 11.8. The fourth-order valence-electron chi connectivity index (χ4n) is 1.34. The van der Waals surface area contributed by atoms with Gasteiger partial charge in [0.15, 0.2) is 5.65 Å². The van der Waals surface area contributed by atoms with Gasteiger partial charge in [-0.2, -0.15) is 5.10 Å². The Labute approximate surface area is 98.9 Å². The average Bonchev–Trinajstić information content (AvgIpc) is 2.70. The molecule has 2 rings (SSSR count). The molecule has 92 valence electrons. The highest BCUT2D eigenvalue weighted by Gasteiger charge is 2.00. The van der Waals surface area contributed by atoms with Crippen molar-refractivity contribution >= 4 is 21.5 Å². The van der Waals surface area contributed by atoms with Crippen LogP contribution in [0.15, 0.2) is 24.5 Å². The van der Waals surface area contributed by atoms with Crippen LogP contribution in [0.1, 0.15) is 0 Å². The zero-order valence-corrected chi connectivity index (χ0v) is 10.1. The van der Waals surface area contributed by atoms with Gasteiger partial charge in [-0.1, -0.05) is 0 Å². The van der Waals surface area contributed by atoms with Crippen molar-refractivity contribution in [3.8, 4) is 0 Å². The van der Waals surface area contributed by atoms with Crippen LogP contribution in [0, 0.1) is 0 Å². The molecule has 0 saturated heterocycles. The van der Waals surface area contributed by atoms with Gasteiger partial charge in [0, 0.05) is 25.4 Å². The number of nitrogens with zero attached hydrogens (tertiary/aromatic N) is 3. The summed E-state index contributed by atoms with van der Waals surface area (Å²) in [7, 11) is -3.13. The van der Waals surface area contributed by atoms with Gasteiger partial charge >= 0.3 is 0 Å². The quantitative estimate of drug-likeness (QED) is 0.715. The topological polar surface area (TPSA) is 88.4 Å². The molecule has 0 amide bonds. The molecule has 2 heterocycles. The largest absolute Gasteiger partial charge is 0.369 e. The lowest BCUT2D eigenvalue weighted by Gasteiger charge is -2.05. The molecule has 2 aromatic rings. The van der Waals surface area contributed by atoms with E-state index in [1.165, 1.54) is 0 Å². The number of anilines is 1. The molecule has 17 heavy (non-hydrogen) atoms. The van der Waals surface area contributed by atoms with E-state index in [4.69, 9.17) is 0 Å². The lowest BCUT2D eigenvalue weighted by molar-refractivity contribution is 0.589. The van der Waals surface area contributed by atoms with Gasteiger partial charge in [-0.15, -0.1) is 0 Å². The highest BCUT2D eigenvalue weighted by molar-refractivity contribution is 7.88. The van der Waals surface area contributed by atoms with Crippen molar-refractivity contribution in [3.05, 3.63) is 24.5 Å². The van der Waals surface area contributed by atoms with Crippen molar-refractivity contribution in [1.29, 1.82) is 0 Å². The zero-order chi connectivity index (χ0) is 12.3. The smallest absolute Gasteiger partial charge is 0.208 e. The van der Waals surface area contributed by atoms with Gasteiger partial charge in [0.05, 0.1) is 12.5 Å². The summed E-state index contributed by atoms with van der Waals surface area (Å²) in [4.78, 5) is 4.28. The number of aromatic nitrogens is 3. The Morgan fingerprint density at radius 3 is 2.94 bits per heavy atom. The number of nitrogens with one attached hydrogen (secondary N) is 2. The van der Waals surface area contributed by atoms with Crippen LogP contribution in [0.2, 0.25) is 0 Å². The summed E-state index contributed by atoms with van der Waals surface area (Å²) in [6, 6.07) is 3.57. The Hall–Kier alpha value is -1.67. The van der Waals surface area contributed by atoms with E-state index in [1.807, 2.05) is 0 Å². The van der Waals surface area contributed by atoms with Crippen LogP contribution < -0.4 is 10.0 Å². The number of hydrogen-bond acceptors (Lipinski definition) is 5. The Morgan fingerprint density at radius 2 is 2.18 bits per heavy atom. The molecule has 7 nitrogen and oxygen atoms in total. The maximum absolute atomic E-state index is 10.8. The summed E-state index contributed by atoms with van der Waals surface area (Å²) >= 11 is 0. The van der Waals surface area contributed by atoms with Crippen molar-refractivity contribution in [2.45, 2.75) is 0 Å². The molecule has 0 saturated carbocycles. The first-order valence-corrected chi connectivity index (χ1v) is 6.93. The number of sulfonamides is 1. The first-order valence-electron chi connectivity index (χ1n) is 5.03. The predicted octanol–water partition coefficient (Wildman–Crippen LogP) is -0.310. The summed E-state index contributed by atoms with van der Waals surface area (Å²) in [6.45, 7) is 0.801. The summed E-state index contributed by atoms with van der Waals surface area (Å²) in [6.07, 6.45) is 4.58. The number of hydrogen-bond donors (Lipinski definition) is 2. The second kappa shape index (κ2) is 4.68. The van der Waals surface area contributed by atoms with Gasteiger partial charge in [0.2, 0.25) is 10.0 Å². The van der Waals surface area contributed by atoms with Crippen molar-refractivity contribution in [3.63, 3.8) is 0 Å². The Balaban J connectivity index is 1.90. The van der Waals surface area contributed by atoms with E-state index in [-0.39, 0.29) is 0 Å². The van der Waals surface area contributed by atoms with Gasteiger partial charge < -0.3 is 5.32 Å². The molecule has 2 aromatic heterocycles. The van der Waals surface area contributed by atoms with Crippen LogP contribution in [0.3, 0.4) is 0 Å². The molecule has 0 atom stereocenters. The van der Waals surface area contributed by atoms with E-state index < -0.39 is 10.0 Å². The molecule has 0 radical (unpaired) electrons. The molecule has 0 fully saturated rings. The van der Waals surface area contributed by atoms with E-state index in [2.05, 4.69) is 20.1 Å². The summed E-state index contributed by atoms with van der Waals surface area (Å²) < 4.78 is 25.7. The van der Waals surface area contributed by atoms with Crippen LogP contribution >= 0.6 is 0 Å². The summed E-state index contributed by atoms with van der Waals surface area (Å²) in [5.41, 5.74) is 0.742. The molecule has 0 aliphatic heterocycles. The molecule has 0 aromatic carbocycles. The Kier molecular flexibility index (Phi) is 3.25. The van der Waals surface area contributed by atoms with Gasteiger partial charge in [0.1, 0.15) is 5.82 Å². The third-order valence-electron chi connectivity index (χ3n) is 2.05. The third kappa shape index (κ3) is 3.40. The Bertz CT molecular complexity index is 607. The van der Waals surface area contributed by atoms with E-state index in [1.54, 1.807) is 29.0 Å². The van der Waals surface area contributed by atoms with Crippen molar-refractivity contribution in [2.75, 3.05) is 24.7 Å². The monoisotopic (exact) mass is 255 g/mol. The maximum Gasteiger partial charge on any atom is 0.208 e. The number of rotatable bonds is 5. The molecular weight excluding hydrogens is 242 g/mol. The Morgan fingerprint density at radius 1 is 1.35 bits per heavy atom. The minimum absolute atomic E-state index is 0.324. The van der Waals surface area contributed by atoms with Gasteiger partial charge in [-0.05, 0) is 6.07 Å². The fourth-order valence-corrected chi connectivity index (χ4v) is 1.81. The number of fused-ring (bicyclic) bond motifs is 1. The molecule has 2 N–H and O–H groups in total. The first-order chi connectivity index (χ1) is 8.04. The lowest BCUT2D eigenvalue weighted by Crippen LogP contribution is -2.27. The third-order valence-corrected chi connectivity index (χ3v) is 2.78. The fraction of sp³-hybridized carbons (Fsp3) is 0.333. The van der Waals surface area contributed by atoms with E-state index in [0.29, 0.717) is 18.9 Å². The minimum Gasteiger partial charge on any atom is -0.369 e. The molecule has 0 aliphatic rings. The van der Waals surface area contributed by atoms with E-state index in [0.717, 1.165) is 11.9 Å². The SMILES string of the molecule is CS(=O)(=O)NCCNc1ccn2nccc2n1. The highest BCUT2D eigenvalue weighted by atomic mass is 32.2. The normalized spacial score (nSPS) is 11.8. The maximum atomic E-state index is 10.8. The molecule has 0 spiro atoms. The molecule has 0 aliphatic carbocycles. The minimum atomic E-state index is -3.13. The van der Waals surface area contributed by atoms with Crippen molar-refractivity contribution < 1.29 is 8.42 Å². The van der Waals surface area contributed by atoms with Gasteiger partial charge in [-0.3, -0.25) is 0 Å². The van der Waals surface area contributed by atoms with Crippen molar-refractivity contribution in [1.82, 2.24) is 19.3 Å². The predicted molar refractivity (Wildman–Crippen MR) is 64.3 cm³/mol. The average molecular weight is 255 g/mol. The van der Waals surface area contributed by atoms with Crippen LogP contribution in [-0.2, 0) is 10.0 Å². The van der Waals surface area contributed by atoms with Crippen LogP contribution in [0.5, 0.6) is 0 Å².